The third-order valence-electron chi connectivity index (χ3n) is 0.570. The normalized spacial score (nSPS) is 20.1. The molecule has 0 rings (SSSR count). The Balaban J connectivity index is 4.26. The molecule has 0 fully saturated rings. The summed E-state index contributed by atoms with van der Waals surface area (Å²) in [5.74, 6) is 0. The van der Waals surface area contributed by atoms with Crippen molar-refractivity contribution < 1.29 is 14.4 Å². The van der Waals surface area contributed by atoms with Crippen LogP contribution in [0.5, 0.6) is 0 Å². The van der Waals surface area contributed by atoms with Crippen molar-refractivity contribution in [3.63, 3.8) is 0 Å². The zero-order chi connectivity index (χ0) is 7.00. The highest BCUT2D eigenvalue weighted by Crippen LogP contribution is 2.48. The first-order chi connectivity index (χ1) is 3.25. The summed E-state index contributed by atoms with van der Waals surface area (Å²) in [6.07, 6.45) is 0. The summed E-state index contributed by atoms with van der Waals surface area (Å²) in [5, 5.41) is 0. The smallest absolute Gasteiger partial charge is 0.322 e. The second-order valence-electron chi connectivity index (χ2n) is 1.57. The fraction of sp³-hybridized carbons (Fsp3) is 1.00. The zero-order valence-corrected chi connectivity index (χ0v) is 5.86. The van der Waals surface area contributed by atoms with E-state index in [0.717, 1.165) is 6.92 Å². The van der Waals surface area contributed by atoms with E-state index in [1.54, 1.807) is 0 Å². The van der Waals surface area contributed by atoms with Gasteiger partial charge in [0.2, 0.25) is 0 Å². The molecule has 0 aliphatic carbocycles. The van der Waals surface area contributed by atoms with E-state index in [4.69, 9.17) is 27.1 Å². The Morgan fingerprint density at radius 1 is 1.75 bits per heavy atom. The van der Waals surface area contributed by atoms with Crippen molar-refractivity contribution in [1.29, 1.82) is 0 Å². The van der Waals surface area contributed by atoms with Gasteiger partial charge in [-0.15, -0.1) is 0 Å². The highest BCUT2D eigenvalue weighted by Gasteiger charge is 2.35. The molecule has 0 spiro atoms. The first-order valence-electron chi connectivity index (χ1n) is 1.78. The van der Waals surface area contributed by atoms with E-state index in [1.807, 2.05) is 0 Å². The van der Waals surface area contributed by atoms with Crippen LogP contribution in [-0.4, -0.2) is 14.5 Å². The van der Waals surface area contributed by atoms with Crippen molar-refractivity contribution in [1.82, 2.24) is 0 Å². The van der Waals surface area contributed by atoms with Gasteiger partial charge in [0.25, 0.3) is 0 Å². The van der Waals surface area contributed by atoms with Crippen LogP contribution in [0.1, 0.15) is 6.92 Å². The molecule has 0 heterocycles. The van der Waals surface area contributed by atoms with E-state index in [1.165, 1.54) is 0 Å². The molecule has 0 aliphatic heterocycles. The molecule has 6 heteroatoms. The number of halogens is 1. The highest BCUT2D eigenvalue weighted by atomic mass is 35.5. The summed E-state index contributed by atoms with van der Waals surface area (Å²) in [6.45, 7) is 1.05. The van der Waals surface area contributed by atoms with Crippen LogP contribution in [-0.2, 0) is 4.57 Å². The molecule has 8 heavy (non-hydrogen) atoms. The average Bonchev–Trinajstić information content (AvgIpc) is 1.25. The fourth-order valence-corrected chi connectivity index (χ4v) is 0. The van der Waals surface area contributed by atoms with Crippen LogP contribution in [0.3, 0.4) is 0 Å². The van der Waals surface area contributed by atoms with Gasteiger partial charge in [-0.05, 0) is 6.92 Å². The molecule has 0 amide bonds. The van der Waals surface area contributed by atoms with Crippen LogP contribution >= 0.6 is 19.2 Å². The molecule has 1 atom stereocenters. The number of nitrogens with two attached hydrogens (primary N) is 1. The molecule has 0 radical (unpaired) electrons. The molecule has 0 aromatic rings. The van der Waals surface area contributed by atoms with Gasteiger partial charge in [0.1, 0.15) is 0 Å². The van der Waals surface area contributed by atoms with Crippen molar-refractivity contribution in [2.24, 2.45) is 5.73 Å². The van der Waals surface area contributed by atoms with Gasteiger partial charge >= 0.3 is 7.60 Å². The Kier molecular flexibility index (Phi) is 2.07. The van der Waals surface area contributed by atoms with Gasteiger partial charge in [-0.2, -0.15) is 0 Å². The fourth-order valence-electron chi connectivity index (χ4n) is 0. The Bertz CT molecular complexity index is 124. The second-order valence-corrected chi connectivity index (χ2v) is 4.63. The lowest BCUT2D eigenvalue weighted by molar-refractivity contribution is 0.354. The van der Waals surface area contributed by atoms with E-state index in [-0.39, 0.29) is 0 Å². The van der Waals surface area contributed by atoms with Crippen molar-refractivity contribution in [2.45, 2.75) is 11.7 Å². The zero-order valence-electron chi connectivity index (χ0n) is 4.21. The summed E-state index contributed by atoms with van der Waals surface area (Å²) in [4.78, 5) is 16.4. The molecule has 4 nitrogen and oxygen atoms in total. The minimum absolute atomic E-state index is 1.05. The summed E-state index contributed by atoms with van der Waals surface area (Å²) in [5.41, 5.74) is 4.81. The van der Waals surface area contributed by atoms with Crippen LogP contribution in [0.25, 0.3) is 0 Å². The van der Waals surface area contributed by atoms with Crippen molar-refractivity contribution in [3.05, 3.63) is 0 Å². The standard InChI is InChI=1S/C2H7ClNO3P/c1-2(3,4)8(5,6)7/h4H2,1H3,(H2,5,6,7). The van der Waals surface area contributed by atoms with Crippen LogP contribution in [0.4, 0.5) is 0 Å². The summed E-state index contributed by atoms with van der Waals surface area (Å²) in [6, 6.07) is 0. The third-order valence-corrected chi connectivity index (χ3v) is 2.37. The lowest BCUT2D eigenvalue weighted by Gasteiger charge is -2.16. The maximum atomic E-state index is 10.1. The number of hydrogen-bond acceptors (Lipinski definition) is 2. The lowest BCUT2D eigenvalue weighted by Crippen LogP contribution is -2.28. The summed E-state index contributed by atoms with van der Waals surface area (Å²) < 4.78 is 8.17. The van der Waals surface area contributed by atoms with Crippen molar-refractivity contribution in [3.8, 4) is 0 Å². The molecule has 0 aromatic heterocycles. The van der Waals surface area contributed by atoms with Gasteiger partial charge in [-0.25, -0.2) is 0 Å². The van der Waals surface area contributed by atoms with Crippen molar-refractivity contribution in [2.75, 3.05) is 0 Å². The Hall–Kier alpha value is 0.400. The van der Waals surface area contributed by atoms with Gasteiger partial charge in [-0.1, -0.05) is 11.6 Å². The topological polar surface area (TPSA) is 83.6 Å². The van der Waals surface area contributed by atoms with E-state index in [9.17, 15) is 4.57 Å². The predicted molar refractivity (Wildman–Crippen MR) is 30.5 cm³/mol. The number of alkyl halides is 1. The maximum absolute atomic E-state index is 10.1. The van der Waals surface area contributed by atoms with E-state index in [0.29, 0.717) is 0 Å². The Morgan fingerprint density at radius 3 is 1.88 bits per heavy atom. The van der Waals surface area contributed by atoms with Gasteiger partial charge in [-0.3, -0.25) is 4.57 Å². The van der Waals surface area contributed by atoms with Crippen molar-refractivity contribution >= 4 is 19.2 Å². The van der Waals surface area contributed by atoms with E-state index in [2.05, 4.69) is 0 Å². The van der Waals surface area contributed by atoms with E-state index >= 15 is 0 Å². The van der Waals surface area contributed by atoms with Crippen LogP contribution in [0, 0.1) is 0 Å². The van der Waals surface area contributed by atoms with Crippen LogP contribution in [0.2, 0.25) is 0 Å². The first kappa shape index (κ1) is 8.40. The van der Waals surface area contributed by atoms with Gasteiger partial charge < -0.3 is 15.5 Å². The summed E-state index contributed by atoms with van der Waals surface area (Å²) in [7, 11) is -4.31. The molecule has 0 saturated heterocycles. The second kappa shape index (κ2) is 1.97. The quantitative estimate of drug-likeness (QED) is 0.286. The SMILES string of the molecule is CC(N)(Cl)P(=O)(O)O. The van der Waals surface area contributed by atoms with Gasteiger partial charge in [0.05, 0.1) is 0 Å². The predicted octanol–water partition coefficient (Wildman–Crippen LogP) is 0.0353. The molecule has 0 aromatic carbocycles. The largest absolute Gasteiger partial charge is 0.360 e. The summed E-state index contributed by atoms with van der Waals surface area (Å²) >= 11 is 5.02. The van der Waals surface area contributed by atoms with Crippen LogP contribution < -0.4 is 5.73 Å². The Morgan fingerprint density at radius 2 is 1.88 bits per heavy atom. The Labute approximate surface area is 51.8 Å². The number of hydrogen-bond donors (Lipinski definition) is 3. The average molecular weight is 160 g/mol. The van der Waals surface area contributed by atoms with Gasteiger partial charge in [0.15, 0.2) is 4.74 Å². The third kappa shape index (κ3) is 2.11. The first-order valence-corrected chi connectivity index (χ1v) is 3.77. The van der Waals surface area contributed by atoms with Crippen LogP contribution in [0.15, 0.2) is 0 Å². The molecule has 4 N–H and O–H groups in total. The molecule has 1 unspecified atom stereocenters. The highest BCUT2D eigenvalue weighted by molar-refractivity contribution is 7.55. The lowest BCUT2D eigenvalue weighted by atomic mass is 10.8. The molecule has 0 bridgehead atoms. The minimum atomic E-state index is -4.31. The molecule has 0 saturated carbocycles. The molecular formula is C2H7ClNO3P. The molecule has 50 valence electrons. The van der Waals surface area contributed by atoms with E-state index < -0.39 is 12.3 Å². The maximum Gasteiger partial charge on any atom is 0.360 e. The molecule has 0 aliphatic rings. The minimum Gasteiger partial charge on any atom is -0.322 e. The molecular weight excluding hydrogens is 152 g/mol. The monoisotopic (exact) mass is 159 g/mol. The number of rotatable bonds is 1. The van der Waals surface area contributed by atoms with Gasteiger partial charge in [0, 0.05) is 0 Å².